The van der Waals surface area contributed by atoms with Crippen LogP contribution in [0.3, 0.4) is 0 Å². The first-order valence-electron chi connectivity index (χ1n) is 13.1. The van der Waals surface area contributed by atoms with Gasteiger partial charge in [-0.05, 0) is 33.5 Å². The van der Waals surface area contributed by atoms with Crippen LogP contribution in [0.15, 0.2) is 140 Å². The van der Waals surface area contributed by atoms with Crippen molar-refractivity contribution in [1.82, 2.24) is 9.38 Å². The third kappa shape index (κ3) is 3.21. The second-order valence-electron chi connectivity index (χ2n) is 9.92. The molecule has 0 aliphatic rings. The maximum atomic E-state index is 6.85. The van der Waals surface area contributed by atoms with Gasteiger partial charge in [-0.15, -0.1) is 0 Å². The lowest BCUT2D eigenvalue weighted by molar-refractivity contribution is 1.33. The van der Waals surface area contributed by atoms with Crippen LogP contribution in [0.2, 0.25) is 0 Å². The van der Waals surface area contributed by atoms with Gasteiger partial charge in [-0.3, -0.25) is 4.40 Å². The van der Waals surface area contributed by atoms with Crippen LogP contribution >= 0.6 is 6.04 Å². The number of pyridine rings is 1. The Morgan fingerprint density at radius 2 is 1.18 bits per heavy atom. The highest BCUT2D eigenvalue weighted by Crippen LogP contribution is 2.47. The molecule has 0 radical (unpaired) electrons. The zero-order chi connectivity index (χ0) is 26.0. The number of benzene rings is 6. The molecular weight excluding hydrogens is 511 g/mol. The summed E-state index contributed by atoms with van der Waals surface area (Å²) in [5.41, 5.74) is 4.25. The fourth-order valence-electron chi connectivity index (χ4n) is 6.10. The molecule has 6 aromatic carbocycles. The van der Waals surface area contributed by atoms with Crippen molar-refractivity contribution in [3.63, 3.8) is 0 Å². The van der Waals surface area contributed by atoms with Crippen LogP contribution in [0.5, 0.6) is 0 Å². The zero-order valence-corrected chi connectivity index (χ0v) is 22.7. The van der Waals surface area contributed by atoms with Gasteiger partial charge in [-0.2, -0.15) is 0 Å². The second-order valence-corrected chi connectivity index (χ2v) is 14.3. The van der Waals surface area contributed by atoms with Crippen LogP contribution in [0.1, 0.15) is 0 Å². The lowest BCUT2D eigenvalue weighted by Gasteiger charge is -2.26. The summed E-state index contributed by atoms with van der Waals surface area (Å²) in [6.07, 6.45) is 0. The summed E-state index contributed by atoms with van der Waals surface area (Å²) in [4.78, 5) is 5.30. The summed E-state index contributed by atoms with van der Waals surface area (Å²) >= 11 is 6.85. The van der Waals surface area contributed by atoms with E-state index in [1.165, 1.54) is 43.0 Å². The molecule has 0 aliphatic heterocycles. The molecule has 0 bridgehead atoms. The van der Waals surface area contributed by atoms with Gasteiger partial charge in [0.05, 0.1) is 16.6 Å². The van der Waals surface area contributed by atoms with E-state index in [-0.39, 0.29) is 0 Å². The van der Waals surface area contributed by atoms with Crippen LogP contribution in [-0.4, -0.2) is 9.38 Å². The van der Waals surface area contributed by atoms with E-state index in [1.807, 2.05) is 0 Å². The topological polar surface area (TPSA) is 17.3 Å². The van der Waals surface area contributed by atoms with Gasteiger partial charge >= 0.3 is 0 Å². The first-order chi connectivity index (χ1) is 19.2. The quantitative estimate of drug-likeness (QED) is 0.171. The number of hydrogen-bond acceptors (Lipinski definition) is 2. The van der Waals surface area contributed by atoms with Crippen molar-refractivity contribution < 1.29 is 0 Å². The van der Waals surface area contributed by atoms with Gasteiger partial charge in [0.25, 0.3) is 0 Å². The average Bonchev–Trinajstić information content (AvgIpc) is 3.40. The number of hydrogen-bond donors (Lipinski definition) is 0. The van der Waals surface area contributed by atoms with Crippen LogP contribution in [0, 0.1) is 0 Å². The molecule has 2 aromatic heterocycles. The van der Waals surface area contributed by atoms with Crippen LogP contribution in [0.25, 0.3) is 49.1 Å². The van der Waals surface area contributed by atoms with E-state index in [4.69, 9.17) is 16.8 Å². The lowest BCUT2D eigenvalue weighted by atomic mass is 10.0. The molecule has 0 aliphatic carbocycles. The molecule has 4 heteroatoms. The van der Waals surface area contributed by atoms with Crippen molar-refractivity contribution in [2.45, 2.75) is 0 Å². The number of nitrogens with zero attached hydrogens (tertiary/aromatic N) is 2. The summed E-state index contributed by atoms with van der Waals surface area (Å²) in [6, 6.07) is 47.2. The highest BCUT2D eigenvalue weighted by Gasteiger charge is 2.29. The second kappa shape index (κ2) is 8.61. The molecule has 0 N–H and O–H groups in total. The average molecular weight is 535 g/mol. The van der Waals surface area contributed by atoms with E-state index in [0.29, 0.717) is 0 Å². The zero-order valence-electron chi connectivity index (χ0n) is 21.0. The number of imidazole rings is 1. The minimum atomic E-state index is -2.42. The van der Waals surface area contributed by atoms with Gasteiger partial charge in [0.1, 0.15) is 5.65 Å². The standard InChI is InChI=1S/C35H23N2PS/c39-38(25-13-3-1-4-14-25,26-15-5-2-6-16-26)32-21-11-18-28-29-23-22-24-12-7-8-17-27(24)34(29)37-31-20-10-9-19-30(31)36-35(37)33(28)32/h1-23H. The maximum Gasteiger partial charge on any atom is 0.147 e. The Morgan fingerprint density at radius 1 is 0.538 bits per heavy atom. The largest absolute Gasteiger partial charge is 0.291 e. The minimum Gasteiger partial charge on any atom is -0.291 e. The van der Waals surface area contributed by atoms with E-state index < -0.39 is 6.04 Å². The van der Waals surface area contributed by atoms with Gasteiger partial charge in [-0.1, -0.05) is 139 Å². The minimum absolute atomic E-state index is 0.965. The number of para-hydroxylation sites is 2. The van der Waals surface area contributed by atoms with Crippen molar-refractivity contribution in [3.8, 4) is 0 Å². The molecule has 39 heavy (non-hydrogen) atoms. The predicted molar refractivity (Wildman–Crippen MR) is 171 cm³/mol. The number of aromatic nitrogens is 2. The Morgan fingerprint density at radius 3 is 1.95 bits per heavy atom. The van der Waals surface area contributed by atoms with Crippen LogP contribution < -0.4 is 15.9 Å². The summed E-state index contributed by atoms with van der Waals surface area (Å²) < 4.78 is 2.37. The Labute approximate surface area is 231 Å². The van der Waals surface area contributed by atoms with Crippen molar-refractivity contribution in [2.75, 3.05) is 0 Å². The van der Waals surface area contributed by atoms with Crippen LogP contribution in [0.4, 0.5) is 0 Å². The molecule has 0 fully saturated rings. The van der Waals surface area contributed by atoms with Crippen molar-refractivity contribution >= 4 is 82.9 Å². The van der Waals surface area contributed by atoms with Crippen LogP contribution in [-0.2, 0) is 11.8 Å². The molecule has 8 rings (SSSR count). The molecule has 0 unspecified atom stereocenters. The third-order valence-electron chi connectivity index (χ3n) is 7.82. The number of rotatable bonds is 3. The van der Waals surface area contributed by atoms with Gasteiger partial charge in [-0.25, -0.2) is 4.98 Å². The van der Waals surface area contributed by atoms with E-state index in [0.717, 1.165) is 22.1 Å². The van der Waals surface area contributed by atoms with Crippen molar-refractivity contribution in [2.24, 2.45) is 0 Å². The van der Waals surface area contributed by atoms with E-state index >= 15 is 0 Å². The molecule has 0 saturated heterocycles. The molecule has 184 valence electrons. The molecule has 2 heterocycles. The third-order valence-corrected chi connectivity index (χ3v) is 12.8. The Balaban J connectivity index is 1.65. The van der Waals surface area contributed by atoms with Gasteiger partial charge in [0.15, 0.2) is 0 Å². The smallest absolute Gasteiger partial charge is 0.147 e. The van der Waals surface area contributed by atoms with E-state index in [1.54, 1.807) is 0 Å². The Bertz CT molecular complexity index is 2210. The molecular formula is C35H23N2PS. The van der Waals surface area contributed by atoms with Gasteiger partial charge in [0.2, 0.25) is 0 Å². The summed E-state index contributed by atoms with van der Waals surface area (Å²) in [6.45, 7) is 0. The molecule has 8 aromatic rings. The predicted octanol–water partition coefficient (Wildman–Crippen LogP) is 7.70. The van der Waals surface area contributed by atoms with E-state index in [2.05, 4.69) is 144 Å². The highest BCUT2D eigenvalue weighted by molar-refractivity contribution is 8.25. The van der Waals surface area contributed by atoms with E-state index in [9.17, 15) is 0 Å². The van der Waals surface area contributed by atoms with Gasteiger partial charge in [0, 0.05) is 27.5 Å². The Hall–Kier alpha value is -4.30. The first-order valence-corrected chi connectivity index (χ1v) is 15.9. The normalized spacial score (nSPS) is 12.2. The van der Waals surface area contributed by atoms with Gasteiger partial charge < -0.3 is 0 Å². The fraction of sp³-hybridized carbons (Fsp3) is 0. The highest BCUT2D eigenvalue weighted by atomic mass is 32.4. The summed E-state index contributed by atoms with van der Waals surface area (Å²) in [5, 5.41) is 9.55. The summed E-state index contributed by atoms with van der Waals surface area (Å²) in [7, 11) is 0. The van der Waals surface area contributed by atoms with Crippen molar-refractivity contribution in [1.29, 1.82) is 0 Å². The lowest BCUT2D eigenvalue weighted by Crippen LogP contribution is -2.25. The molecule has 0 saturated carbocycles. The monoisotopic (exact) mass is 534 g/mol. The molecule has 0 spiro atoms. The SMILES string of the molecule is S=P(c1ccccc1)(c1ccccc1)c1cccc2c3ccc4ccccc4c3n3c4ccccc4nc3c12. The summed E-state index contributed by atoms with van der Waals surface area (Å²) in [5.74, 6) is 0. The fourth-order valence-corrected chi connectivity index (χ4v) is 10.2. The maximum absolute atomic E-state index is 6.85. The Kier molecular flexibility index (Phi) is 5.00. The first kappa shape index (κ1) is 22.7. The molecule has 2 nitrogen and oxygen atoms in total. The molecule has 0 atom stereocenters. The van der Waals surface area contributed by atoms with Crippen molar-refractivity contribution in [3.05, 3.63) is 140 Å². The number of fused-ring (bicyclic) bond motifs is 10. The molecule has 0 amide bonds.